The van der Waals surface area contributed by atoms with Crippen LogP contribution in [0.1, 0.15) is 36.3 Å². The summed E-state index contributed by atoms with van der Waals surface area (Å²) in [5, 5.41) is 2.96. The lowest BCUT2D eigenvalue weighted by Gasteiger charge is -2.07. The van der Waals surface area contributed by atoms with Crippen molar-refractivity contribution in [3.8, 4) is 0 Å². The van der Waals surface area contributed by atoms with E-state index in [1.165, 1.54) is 0 Å². The highest BCUT2D eigenvalue weighted by Gasteiger charge is 2.06. The zero-order valence-electron chi connectivity index (χ0n) is 14.6. The predicted octanol–water partition coefficient (Wildman–Crippen LogP) is 4.40. The second-order valence-corrected chi connectivity index (χ2v) is 7.50. The summed E-state index contributed by atoms with van der Waals surface area (Å²) in [6, 6.07) is 13.8. The molecule has 1 N–H and O–H groups in total. The SMILES string of the molecule is CC(C)CCNC(=O)c1ccc(SCc2cn3ccccc3n2)cc1. The maximum atomic E-state index is 12.1. The van der Waals surface area contributed by atoms with Crippen molar-refractivity contribution < 1.29 is 4.79 Å². The van der Waals surface area contributed by atoms with E-state index in [0.29, 0.717) is 11.5 Å². The lowest BCUT2D eigenvalue weighted by atomic mass is 10.1. The van der Waals surface area contributed by atoms with Crippen LogP contribution in [-0.2, 0) is 5.75 Å². The van der Waals surface area contributed by atoms with Crippen molar-refractivity contribution in [2.45, 2.75) is 30.9 Å². The lowest BCUT2D eigenvalue weighted by molar-refractivity contribution is 0.0952. The molecule has 1 amide bonds. The number of carbonyl (C=O) groups is 1. The molecule has 2 heterocycles. The standard InChI is InChI=1S/C20H23N3OS/c1-15(2)10-11-21-20(24)16-6-8-18(9-7-16)25-14-17-13-23-12-4-3-5-19(23)22-17/h3-9,12-13,15H,10-11,14H2,1-2H3,(H,21,24). The van der Waals surface area contributed by atoms with Crippen LogP contribution in [0.4, 0.5) is 0 Å². The Labute approximate surface area is 152 Å². The molecule has 0 aliphatic heterocycles. The Hall–Kier alpha value is -2.27. The van der Waals surface area contributed by atoms with Gasteiger partial charge in [-0.05, 0) is 48.7 Å². The lowest BCUT2D eigenvalue weighted by Crippen LogP contribution is -2.25. The number of thioether (sulfide) groups is 1. The monoisotopic (exact) mass is 353 g/mol. The molecule has 3 rings (SSSR count). The molecule has 130 valence electrons. The molecule has 0 saturated carbocycles. The summed E-state index contributed by atoms with van der Waals surface area (Å²) in [4.78, 5) is 17.8. The molecule has 0 aliphatic carbocycles. The van der Waals surface area contributed by atoms with Gasteiger partial charge in [0.1, 0.15) is 5.65 Å². The number of nitrogens with one attached hydrogen (secondary N) is 1. The molecular formula is C20H23N3OS. The zero-order chi connectivity index (χ0) is 17.6. The number of amides is 1. The number of imidazole rings is 1. The minimum absolute atomic E-state index is 0.00227. The van der Waals surface area contributed by atoms with E-state index >= 15 is 0 Å². The van der Waals surface area contributed by atoms with Crippen molar-refractivity contribution in [3.63, 3.8) is 0 Å². The number of hydrogen-bond donors (Lipinski definition) is 1. The fraction of sp³-hybridized carbons (Fsp3) is 0.300. The molecule has 4 nitrogen and oxygen atoms in total. The summed E-state index contributed by atoms with van der Waals surface area (Å²) >= 11 is 1.72. The fourth-order valence-electron chi connectivity index (χ4n) is 2.49. The molecule has 25 heavy (non-hydrogen) atoms. The van der Waals surface area contributed by atoms with Crippen molar-refractivity contribution in [1.82, 2.24) is 14.7 Å². The summed E-state index contributed by atoms with van der Waals surface area (Å²) in [6.45, 7) is 5.03. The Balaban J connectivity index is 1.54. The third kappa shape index (κ3) is 4.86. The topological polar surface area (TPSA) is 46.4 Å². The van der Waals surface area contributed by atoms with E-state index < -0.39 is 0 Å². The maximum Gasteiger partial charge on any atom is 0.251 e. The van der Waals surface area contributed by atoms with Crippen molar-refractivity contribution in [2.24, 2.45) is 5.92 Å². The van der Waals surface area contributed by atoms with Crippen LogP contribution < -0.4 is 5.32 Å². The van der Waals surface area contributed by atoms with Crippen molar-refractivity contribution in [1.29, 1.82) is 0 Å². The minimum atomic E-state index is -0.00227. The van der Waals surface area contributed by atoms with Crippen LogP contribution in [-0.4, -0.2) is 21.8 Å². The summed E-state index contributed by atoms with van der Waals surface area (Å²) in [6.07, 6.45) is 5.06. The number of carbonyl (C=O) groups excluding carboxylic acids is 1. The number of nitrogens with zero attached hydrogens (tertiary/aromatic N) is 2. The molecular weight excluding hydrogens is 330 g/mol. The Morgan fingerprint density at radius 1 is 1.20 bits per heavy atom. The number of pyridine rings is 1. The van der Waals surface area contributed by atoms with E-state index in [0.717, 1.165) is 35.0 Å². The van der Waals surface area contributed by atoms with Gasteiger partial charge in [-0.1, -0.05) is 19.9 Å². The van der Waals surface area contributed by atoms with E-state index in [9.17, 15) is 4.79 Å². The fourth-order valence-corrected chi connectivity index (χ4v) is 3.28. The summed E-state index contributed by atoms with van der Waals surface area (Å²) in [7, 11) is 0. The van der Waals surface area contributed by atoms with Gasteiger partial charge in [0.15, 0.2) is 0 Å². The van der Waals surface area contributed by atoms with Gasteiger partial charge < -0.3 is 9.72 Å². The normalized spacial score (nSPS) is 11.2. The molecule has 0 atom stereocenters. The average Bonchev–Trinajstić information content (AvgIpc) is 3.03. The Morgan fingerprint density at radius 3 is 2.72 bits per heavy atom. The van der Waals surface area contributed by atoms with Gasteiger partial charge in [-0.15, -0.1) is 11.8 Å². The van der Waals surface area contributed by atoms with Gasteiger partial charge in [-0.2, -0.15) is 0 Å². The van der Waals surface area contributed by atoms with E-state index in [1.807, 2.05) is 53.1 Å². The van der Waals surface area contributed by atoms with Gasteiger partial charge >= 0.3 is 0 Å². The first-order valence-corrected chi connectivity index (χ1v) is 9.54. The molecule has 5 heteroatoms. The molecule has 0 unspecified atom stereocenters. The molecule has 2 aromatic heterocycles. The highest BCUT2D eigenvalue weighted by molar-refractivity contribution is 7.98. The van der Waals surface area contributed by atoms with Crippen LogP contribution in [0.2, 0.25) is 0 Å². The first-order valence-electron chi connectivity index (χ1n) is 8.55. The molecule has 0 bridgehead atoms. The third-order valence-corrected chi connectivity index (χ3v) is 4.97. The van der Waals surface area contributed by atoms with E-state index in [-0.39, 0.29) is 5.91 Å². The number of aromatic nitrogens is 2. The van der Waals surface area contributed by atoms with Crippen LogP contribution in [0.5, 0.6) is 0 Å². The highest BCUT2D eigenvalue weighted by Crippen LogP contribution is 2.23. The maximum absolute atomic E-state index is 12.1. The molecule has 3 aromatic rings. The van der Waals surface area contributed by atoms with Gasteiger partial charge in [0, 0.05) is 35.2 Å². The second-order valence-electron chi connectivity index (χ2n) is 6.45. The summed E-state index contributed by atoms with van der Waals surface area (Å²) in [5.41, 5.74) is 2.72. The number of benzene rings is 1. The minimum Gasteiger partial charge on any atom is -0.352 e. The summed E-state index contributed by atoms with van der Waals surface area (Å²) in [5.74, 6) is 1.40. The quantitative estimate of drug-likeness (QED) is 0.640. The van der Waals surface area contributed by atoms with Gasteiger partial charge in [0.25, 0.3) is 5.91 Å². The molecule has 0 fully saturated rings. The molecule has 1 aromatic carbocycles. The van der Waals surface area contributed by atoms with Gasteiger partial charge in [-0.3, -0.25) is 4.79 Å². The average molecular weight is 353 g/mol. The Kier molecular flexibility index (Phi) is 5.76. The van der Waals surface area contributed by atoms with Crippen molar-refractivity contribution >= 4 is 23.3 Å². The van der Waals surface area contributed by atoms with Gasteiger partial charge in [0.05, 0.1) is 5.69 Å². The first-order chi connectivity index (χ1) is 12.1. The van der Waals surface area contributed by atoms with Gasteiger partial charge in [-0.25, -0.2) is 4.98 Å². The molecule has 0 saturated heterocycles. The smallest absolute Gasteiger partial charge is 0.251 e. The third-order valence-electron chi connectivity index (χ3n) is 3.92. The largest absolute Gasteiger partial charge is 0.352 e. The molecule has 0 radical (unpaired) electrons. The predicted molar refractivity (Wildman–Crippen MR) is 103 cm³/mol. The Morgan fingerprint density at radius 2 is 2.00 bits per heavy atom. The highest BCUT2D eigenvalue weighted by atomic mass is 32.2. The Bertz CT molecular complexity index is 807. The zero-order valence-corrected chi connectivity index (χ0v) is 15.4. The molecule has 0 spiro atoms. The number of fused-ring (bicyclic) bond motifs is 1. The van der Waals surface area contributed by atoms with Gasteiger partial charge in [0.2, 0.25) is 0 Å². The number of hydrogen-bond acceptors (Lipinski definition) is 3. The van der Waals surface area contributed by atoms with E-state index in [1.54, 1.807) is 11.8 Å². The summed E-state index contributed by atoms with van der Waals surface area (Å²) < 4.78 is 2.03. The second kappa shape index (κ2) is 8.21. The van der Waals surface area contributed by atoms with Crippen molar-refractivity contribution in [2.75, 3.05) is 6.54 Å². The van der Waals surface area contributed by atoms with E-state index in [2.05, 4.69) is 30.3 Å². The van der Waals surface area contributed by atoms with Crippen molar-refractivity contribution in [3.05, 3.63) is 66.1 Å². The van der Waals surface area contributed by atoms with Crippen LogP contribution in [0, 0.1) is 5.92 Å². The van der Waals surface area contributed by atoms with Crippen LogP contribution >= 0.6 is 11.8 Å². The van der Waals surface area contributed by atoms with E-state index in [4.69, 9.17) is 0 Å². The number of rotatable bonds is 7. The van der Waals surface area contributed by atoms with Crippen LogP contribution in [0.3, 0.4) is 0 Å². The molecule has 0 aliphatic rings. The first kappa shape index (κ1) is 17.5. The van der Waals surface area contributed by atoms with Crippen LogP contribution in [0.15, 0.2) is 59.8 Å². The van der Waals surface area contributed by atoms with Crippen LogP contribution in [0.25, 0.3) is 5.65 Å².